The largest absolute Gasteiger partial charge is 0.381 e. The fourth-order valence-corrected chi connectivity index (χ4v) is 1.81. The second-order valence-electron chi connectivity index (χ2n) is 5.00. The first-order valence-electron chi connectivity index (χ1n) is 6.97. The lowest BCUT2D eigenvalue weighted by atomic mass is 10.2. The van der Waals surface area contributed by atoms with E-state index in [1.165, 1.54) is 12.3 Å². The molecule has 0 bridgehead atoms. The molecule has 1 unspecified atom stereocenters. The predicted molar refractivity (Wildman–Crippen MR) is 81.9 cm³/mol. The maximum Gasteiger partial charge on any atom is 0.257 e. The molecule has 0 aliphatic carbocycles. The summed E-state index contributed by atoms with van der Waals surface area (Å²) in [4.78, 5) is 16.1. The standard InChI is InChI=1S/C16H17F2N3O/c1-3-10(2)20-13-6-11(8-19-9-13)16(22)21-12-4-5-14(17)15(18)7-12/h4-10,20H,3H2,1-2H3,(H,21,22). The second-order valence-corrected chi connectivity index (χ2v) is 5.00. The molecule has 2 rings (SSSR count). The quantitative estimate of drug-likeness (QED) is 0.883. The molecule has 1 amide bonds. The van der Waals surface area contributed by atoms with Crippen LogP contribution in [0.25, 0.3) is 0 Å². The minimum Gasteiger partial charge on any atom is -0.381 e. The molecule has 22 heavy (non-hydrogen) atoms. The van der Waals surface area contributed by atoms with Gasteiger partial charge in [0.2, 0.25) is 0 Å². The predicted octanol–water partition coefficient (Wildman–Crippen LogP) is 3.82. The van der Waals surface area contributed by atoms with E-state index in [9.17, 15) is 13.6 Å². The zero-order chi connectivity index (χ0) is 16.1. The second kappa shape index (κ2) is 6.98. The van der Waals surface area contributed by atoms with Gasteiger partial charge in [-0.2, -0.15) is 0 Å². The number of rotatable bonds is 5. The molecule has 0 saturated carbocycles. The van der Waals surface area contributed by atoms with Crippen molar-refractivity contribution in [3.63, 3.8) is 0 Å². The van der Waals surface area contributed by atoms with E-state index in [2.05, 4.69) is 15.6 Å². The van der Waals surface area contributed by atoms with E-state index in [1.54, 1.807) is 12.3 Å². The number of carbonyl (C=O) groups excluding carboxylic acids is 1. The molecule has 1 aromatic heterocycles. The van der Waals surface area contributed by atoms with Crippen LogP contribution in [0.2, 0.25) is 0 Å². The van der Waals surface area contributed by atoms with Crippen molar-refractivity contribution in [2.75, 3.05) is 10.6 Å². The van der Waals surface area contributed by atoms with E-state index >= 15 is 0 Å². The summed E-state index contributed by atoms with van der Waals surface area (Å²) in [5.41, 5.74) is 1.24. The van der Waals surface area contributed by atoms with Crippen LogP contribution in [-0.4, -0.2) is 16.9 Å². The first-order valence-corrected chi connectivity index (χ1v) is 6.97. The SMILES string of the molecule is CCC(C)Nc1cncc(C(=O)Nc2ccc(F)c(F)c2)c1. The normalized spacial score (nSPS) is 11.8. The number of pyridine rings is 1. The summed E-state index contributed by atoms with van der Waals surface area (Å²) in [6.45, 7) is 4.07. The summed E-state index contributed by atoms with van der Waals surface area (Å²) in [5.74, 6) is -2.41. The Morgan fingerprint density at radius 1 is 1.18 bits per heavy atom. The van der Waals surface area contributed by atoms with E-state index in [0.717, 1.165) is 24.2 Å². The van der Waals surface area contributed by atoms with E-state index in [0.29, 0.717) is 5.56 Å². The lowest BCUT2D eigenvalue weighted by Crippen LogP contribution is -2.16. The van der Waals surface area contributed by atoms with Gasteiger partial charge >= 0.3 is 0 Å². The van der Waals surface area contributed by atoms with E-state index in [1.807, 2.05) is 13.8 Å². The first-order chi connectivity index (χ1) is 10.5. The fraction of sp³-hybridized carbons (Fsp3) is 0.250. The molecule has 6 heteroatoms. The topological polar surface area (TPSA) is 54.0 Å². The molecular weight excluding hydrogens is 288 g/mol. The molecule has 2 aromatic rings. The van der Waals surface area contributed by atoms with E-state index < -0.39 is 17.5 Å². The van der Waals surface area contributed by atoms with Crippen LogP contribution in [0.5, 0.6) is 0 Å². The molecule has 0 aliphatic rings. The van der Waals surface area contributed by atoms with Gasteiger partial charge in [-0.25, -0.2) is 8.78 Å². The van der Waals surface area contributed by atoms with Crippen molar-refractivity contribution in [3.8, 4) is 0 Å². The van der Waals surface area contributed by atoms with Gasteiger partial charge in [-0.1, -0.05) is 6.92 Å². The van der Waals surface area contributed by atoms with Gasteiger partial charge < -0.3 is 10.6 Å². The fourth-order valence-electron chi connectivity index (χ4n) is 1.81. The minimum absolute atomic E-state index is 0.184. The Bertz CT molecular complexity index is 676. The summed E-state index contributed by atoms with van der Waals surface area (Å²) in [6.07, 6.45) is 3.97. The highest BCUT2D eigenvalue weighted by atomic mass is 19.2. The Kier molecular flexibility index (Phi) is 5.04. The summed E-state index contributed by atoms with van der Waals surface area (Å²) in [7, 11) is 0. The van der Waals surface area contributed by atoms with Gasteiger partial charge in [0.25, 0.3) is 5.91 Å². The van der Waals surface area contributed by atoms with Gasteiger partial charge in [0.05, 0.1) is 11.3 Å². The Morgan fingerprint density at radius 2 is 1.95 bits per heavy atom. The number of halogens is 2. The van der Waals surface area contributed by atoms with Gasteiger partial charge in [-0.15, -0.1) is 0 Å². The zero-order valence-electron chi connectivity index (χ0n) is 12.4. The van der Waals surface area contributed by atoms with Crippen LogP contribution in [0.1, 0.15) is 30.6 Å². The molecule has 0 saturated heterocycles. The molecule has 1 aromatic carbocycles. The number of aromatic nitrogens is 1. The van der Waals surface area contributed by atoms with Crippen LogP contribution >= 0.6 is 0 Å². The van der Waals surface area contributed by atoms with Gasteiger partial charge in [0, 0.05) is 30.2 Å². The number of hydrogen-bond acceptors (Lipinski definition) is 3. The maximum absolute atomic E-state index is 13.1. The molecule has 2 N–H and O–H groups in total. The van der Waals surface area contributed by atoms with Crippen LogP contribution in [0.15, 0.2) is 36.7 Å². The molecule has 116 valence electrons. The lowest BCUT2D eigenvalue weighted by Gasteiger charge is -2.13. The van der Waals surface area contributed by atoms with Crippen LogP contribution in [0, 0.1) is 11.6 Å². The smallest absolute Gasteiger partial charge is 0.257 e. The molecule has 4 nitrogen and oxygen atoms in total. The Balaban J connectivity index is 2.12. The molecule has 1 heterocycles. The summed E-state index contributed by atoms with van der Waals surface area (Å²) >= 11 is 0. The third kappa shape index (κ3) is 4.00. The number of nitrogens with zero attached hydrogens (tertiary/aromatic N) is 1. The van der Waals surface area contributed by atoms with Crippen molar-refractivity contribution in [3.05, 3.63) is 53.9 Å². The number of nitrogens with one attached hydrogen (secondary N) is 2. The summed E-state index contributed by atoms with van der Waals surface area (Å²) in [5, 5.41) is 5.72. The van der Waals surface area contributed by atoms with Gasteiger partial charge in [-0.05, 0) is 31.5 Å². The van der Waals surface area contributed by atoms with Crippen LogP contribution < -0.4 is 10.6 Å². The number of benzene rings is 1. The third-order valence-electron chi connectivity index (χ3n) is 3.20. The molecular formula is C16H17F2N3O. The third-order valence-corrected chi connectivity index (χ3v) is 3.20. The number of amides is 1. The molecule has 0 aliphatic heterocycles. The molecule has 0 spiro atoms. The highest BCUT2D eigenvalue weighted by Crippen LogP contribution is 2.16. The average molecular weight is 305 g/mol. The highest BCUT2D eigenvalue weighted by Gasteiger charge is 2.10. The number of anilines is 2. The molecule has 1 atom stereocenters. The van der Waals surface area contributed by atoms with E-state index in [-0.39, 0.29) is 11.7 Å². The highest BCUT2D eigenvalue weighted by molar-refractivity contribution is 6.04. The summed E-state index contributed by atoms with van der Waals surface area (Å²) < 4.78 is 26.0. The Hall–Kier alpha value is -2.50. The number of hydrogen-bond donors (Lipinski definition) is 2. The first kappa shape index (κ1) is 15.9. The Labute approximate surface area is 127 Å². The van der Waals surface area contributed by atoms with E-state index in [4.69, 9.17) is 0 Å². The van der Waals surface area contributed by atoms with Crippen molar-refractivity contribution in [1.29, 1.82) is 0 Å². The average Bonchev–Trinajstić information content (AvgIpc) is 2.51. The molecule has 0 fully saturated rings. The maximum atomic E-state index is 13.1. The number of carbonyl (C=O) groups is 1. The van der Waals surface area contributed by atoms with Crippen LogP contribution in [-0.2, 0) is 0 Å². The monoisotopic (exact) mass is 305 g/mol. The minimum atomic E-state index is -1.01. The lowest BCUT2D eigenvalue weighted by molar-refractivity contribution is 0.102. The van der Waals surface area contributed by atoms with Crippen molar-refractivity contribution >= 4 is 17.3 Å². The van der Waals surface area contributed by atoms with Crippen molar-refractivity contribution in [2.45, 2.75) is 26.3 Å². The molecule has 0 radical (unpaired) electrons. The summed E-state index contributed by atoms with van der Waals surface area (Å²) in [6, 6.07) is 5.11. The van der Waals surface area contributed by atoms with Crippen LogP contribution in [0.3, 0.4) is 0 Å². The van der Waals surface area contributed by atoms with Gasteiger partial charge in [-0.3, -0.25) is 9.78 Å². The van der Waals surface area contributed by atoms with Crippen molar-refractivity contribution in [1.82, 2.24) is 4.98 Å². The zero-order valence-corrected chi connectivity index (χ0v) is 12.4. The van der Waals surface area contributed by atoms with Gasteiger partial charge in [0.15, 0.2) is 11.6 Å². The van der Waals surface area contributed by atoms with Crippen molar-refractivity contribution in [2.24, 2.45) is 0 Å². The van der Waals surface area contributed by atoms with Crippen molar-refractivity contribution < 1.29 is 13.6 Å². The van der Waals surface area contributed by atoms with Crippen LogP contribution in [0.4, 0.5) is 20.2 Å². The van der Waals surface area contributed by atoms with Gasteiger partial charge in [0.1, 0.15) is 0 Å². The Morgan fingerprint density at radius 3 is 2.64 bits per heavy atom.